The van der Waals surface area contributed by atoms with Crippen molar-refractivity contribution in [2.75, 3.05) is 12.9 Å². The number of hydrogen-bond acceptors (Lipinski definition) is 5. The van der Waals surface area contributed by atoms with Gasteiger partial charge in [0.15, 0.2) is 0 Å². The Morgan fingerprint density at radius 1 is 1.26 bits per heavy atom. The van der Waals surface area contributed by atoms with Crippen molar-refractivity contribution in [1.82, 2.24) is 5.32 Å². The largest absolute Gasteiger partial charge is 0.496 e. The first-order chi connectivity index (χ1) is 12.9. The molecule has 0 saturated heterocycles. The number of rotatable bonds is 9. The van der Waals surface area contributed by atoms with E-state index >= 15 is 0 Å². The van der Waals surface area contributed by atoms with Crippen LogP contribution in [0.5, 0.6) is 5.75 Å². The van der Waals surface area contributed by atoms with Crippen LogP contribution in [0.3, 0.4) is 0 Å². The fourth-order valence-corrected chi connectivity index (χ4v) is 3.55. The van der Waals surface area contributed by atoms with Crippen molar-refractivity contribution in [2.45, 2.75) is 32.1 Å². The Bertz CT molecular complexity index is 793. The average molecular weight is 388 g/mol. The molecule has 0 aliphatic carbocycles. The van der Waals surface area contributed by atoms with Crippen molar-refractivity contribution in [3.05, 3.63) is 69.3 Å². The molecule has 27 heavy (non-hydrogen) atoms. The van der Waals surface area contributed by atoms with Crippen LogP contribution in [0.1, 0.15) is 36.1 Å². The van der Waals surface area contributed by atoms with Crippen LogP contribution < -0.4 is 10.1 Å². The standard InChI is InChI=1S/C20H24N2O4S/c1-4-18(16-7-10-19(26-3)14(2)11-16)21-20(23)13-27-12-15-5-8-17(9-6-15)22(24)25/h5-11,18H,4,12-13H2,1-3H3,(H,21,23)/t18-/m1/s1. The molecule has 0 heterocycles. The SMILES string of the molecule is CC[C@@H](NC(=O)CSCc1ccc([N+](=O)[O-])cc1)c1ccc(OC)c(C)c1. The van der Waals surface area contributed by atoms with Crippen molar-refractivity contribution in [3.8, 4) is 5.75 Å². The third kappa shape index (κ3) is 5.99. The van der Waals surface area contributed by atoms with Gasteiger partial charge in [0.1, 0.15) is 5.75 Å². The van der Waals surface area contributed by atoms with Crippen LogP contribution in [-0.2, 0) is 10.5 Å². The molecular formula is C20H24N2O4S. The summed E-state index contributed by atoms with van der Waals surface area (Å²) in [6.45, 7) is 4.02. The quantitative estimate of drug-likeness (QED) is 0.508. The summed E-state index contributed by atoms with van der Waals surface area (Å²) >= 11 is 1.48. The van der Waals surface area contributed by atoms with Crippen molar-refractivity contribution in [2.24, 2.45) is 0 Å². The van der Waals surface area contributed by atoms with Crippen molar-refractivity contribution < 1.29 is 14.5 Å². The molecule has 0 fully saturated rings. The van der Waals surface area contributed by atoms with Gasteiger partial charge >= 0.3 is 0 Å². The molecule has 2 aromatic carbocycles. The Labute approximate surface area is 163 Å². The van der Waals surface area contributed by atoms with Gasteiger partial charge in [0, 0.05) is 17.9 Å². The third-order valence-corrected chi connectivity index (χ3v) is 5.22. The molecule has 2 rings (SSSR count). The molecule has 0 aliphatic rings. The molecule has 0 aromatic heterocycles. The van der Waals surface area contributed by atoms with E-state index in [0.29, 0.717) is 11.5 Å². The predicted octanol–water partition coefficient (Wildman–Crippen LogP) is 4.41. The second-order valence-electron chi connectivity index (χ2n) is 6.17. The van der Waals surface area contributed by atoms with E-state index in [1.54, 1.807) is 19.2 Å². The highest BCUT2D eigenvalue weighted by Crippen LogP contribution is 2.24. The summed E-state index contributed by atoms with van der Waals surface area (Å²) < 4.78 is 5.28. The van der Waals surface area contributed by atoms with Crippen molar-refractivity contribution in [1.29, 1.82) is 0 Å². The Morgan fingerprint density at radius 3 is 2.52 bits per heavy atom. The van der Waals surface area contributed by atoms with Gasteiger partial charge < -0.3 is 10.1 Å². The number of carbonyl (C=O) groups excluding carboxylic acids is 1. The fraction of sp³-hybridized carbons (Fsp3) is 0.350. The summed E-state index contributed by atoms with van der Waals surface area (Å²) in [5.41, 5.74) is 3.12. The Hall–Kier alpha value is -2.54. The van der Waals surface area contributed by atoms with E-state index in [1.165, 1.54) is 23.9 Å². The highest BCUT2D eigenvalue weighted by atomic mass is 32.2. The van der Waals surface area contributed by atoms with Crippen LogP contribution in [0.4, 0.5) is 5.69 Å². The molecule has 1 amide bonds. The summed E-state index contributed by atoms with van der Waals surface area (Å²) in [5.74, 6) is 1.77. The van der Waals surface area contributed by atoms with Crippen LogP contribution in [0, 0.1) is 17.0 Å². The number of nitro benzene ring substituents is 1. The van der Waals surface area contributed by atoms with Crippen LogP contribution in [0.2, 0.25) is 0 Å². The maximum Gasteiger partial charge on any atom is 0.269 e. The van der Waals surface area contributed by atoms with Gasteiger partial charge in [0.05, 0.1) is 23.8 Å². The number of benzene rings is 2. The van der Waals surface area contributed by atoms with E-state index in [2.05, 4.69) is 5.32 Å². The van der Waals surface area contributed by atoms with Gasteiger partial charge in [-0.2, -0.15) is 0 Å². The minimum absolute atomic E-state index is 0.0257. The first kappa shape index (κ1) is 20.8. The molecule has 0 spiro atoms. The van der Waals surface area contributed by atoms with Gasteiger partial charge in [0.2, 0.25) is 5.91 Å². The smallest absolute Gasteiger partial charge is 0.269 e. The highest BCUT2D eigenvalue weighted by molar-refractivity contribution is 7.99. The number of thioether (sulfide) groups is 1. The van der Waals surface area contributed by atoms with Crippen molar-refractivity contribution in [3.63, 3.8) is 0 Å². The lowest BCUT2D eigenvalue weighted by molar-refractivity contribution is -0.384. The van der Waals surface area contributed by atoms with E-state index in [4.69, 9.17) is 4.74 Å². The maximum atomic E-state index is 12.3. The lowest BCUT2D eigenvalue weighted by Crippen LogP contribution is -2.29. The highest BCUT2D eigenvalue weighted by Gasteiger charge is 2.14. The zero-order chi connectivity index (χ0) is 19.8. The second-order valence-corrected chi connectivity index (χ2v) is 7.16. The molecule has 7 heteroatoms. The minimum Gasteiger partial charge on any atom is -0.496 e. The molecule has 2 aromatic rings. The average Bonchev–Trinajstić information content (AvgIpc) is 2.66. The fourth-order valence-electron chi connectivity index (χ4n) is 2.75. The third-order valence-electron chi connectivity index (χ3n) is 4.21. The molecular weight excluding hydrogens is 364 g/mol. The number of amides is 1. The number of nitro groups is 1. The van der Waals surface area contributed by atoms with Gasteiger partial charge in [0.25, 0.3) is 5.69 Å². The molecule has 1 atom stereocenters. The van der Waals surface area contributed by atoms with Crippen LogP contribution in [0.15, 0.2) is 42.5 Å². The predicted molar refractivity (Wildman–Crippen MR) is 108 cm³/mol. The summed E-state index contributed by atoms with van der Waals surface area (Å²) in [6, 6.07) is 12.3. The lowest BCUT2D eigenvalue weighted by atomic mass is 10.0. The lowest BCUT2D eigenvalue weighted by Gasteiger charge is -2.19. The number of aryl methyl sites for hydroxylation is 1. The van der Waals surface area contributed by atoms with Gasteiger partial charge in [-0.05, 0) is 36.1 Å². The summed E-state index contributed by atoms with van der Waals surface area (Å²) in [7, 11) is 1.64. The van der Waals surface area contributed by atoms with Gasteiger partial charge in [-0.1, -0.05) is 31.2 Å². The van der Waals surface area contributed by atoms with E-state index in [9.17, 15) is 14.9 Å². The molecule has 0 bridgehead atoms. The molecule has 0 unspecified atom stereocenters. The molecule has 0 aliphatic heterocycles. The normalized spacial score (nSPS) is 11.7. The number of nitrogens with zero attached hydrogens (tertiary/aromatic N) is 1. The van der Waals surface area contributed by atoms with Crippen LogP contribution >= 0.6 is 11.8 Å². The molecule has 0 saturated carbocycles. The number of non-ortho nitro benzene ring substituents is 1. The van der Waals surface area contributed by atoms with Crippen molar-refractivity contribution >= 4 is 23.4 Å². The summed E-state index contributed by atoms with van der Waals surface area (Å²) in [4.78, 5) is 22.5. The summed E-state index contributed by atoms with van der Waals surface area (Å²) in [6.07, 6.45) is 0.796. The minimum atomic E-state index is -0.420. The topological polar surface area (TPSA) is 81.5 Å². The first-order valence-electron chi connectivity index (χ1n) is 8.69. The Kier molecular flexibility index (Phi) is 7.67. The molecule has 144 valence electrons. The monoisotopic (exact) mass is 388 g/mol. The van der Waals surface area contributed by atoms with Gasteiger partial charge in [-0.15, -0.1) is 11.8 Å². The number of carbonyl (C=O) groups is 1. The zero-order valence-corrected chi connectivity index (χ0v) is 16.5. The van der Waals surface area contributed by atoms with Crippen LogP contribution in [0.25, 0.3) is 0 Å². The molecule has 1 N–H and O–H groups in total. The van der Waals surface area contributed by atoms with E-state index in [1.807, 2.05) is 32.0 Å². The number of ether oxygens (including phenoxy) is 1. The molecule has 0 radical (unpaired) electrons. The number of nitrogens with one attached hydrogen (secondary N) is 1. The van der Waals surface area contributed by atoms with E-state index < -0.39 is 4.92 Å². The van der Waals surface area contributed by atoms with E-state index in [-0.39, 0.29) is 17.6 Å². The van der Waals surface area contributed by atoms with Gasteiger partial charge in [-0.3, -0.25) is 14.9 Å². The summed E-state index contributed by atoms with van der Waals surface area (Å²) in [5, 5.41) is 13.7. The maximum absolute atomic E-state index is 12.3. The first-order valence-corrected chi connectivity index (χ1v) is 9.85. The van der Waals surface area contributed by atoms with E-state index in [0.717, 1.165) is 28.9 Å². The number of methoxy groups -OCH3 is 1. The van der Waals surface area contributed by atoms with Crippen LogP contribution in [-0.4, -0.2) is 23.7 Å². The van der Waals surface area contributed by atoms with Gasteiger partial charge in [-0.25, -0.2) is 0 Å². The molecule has 6 nitrogen and oxygen atoms in total. The zero-order valence-electron chi connectivity index (χ0n) is 15.7. The Balaban J connectivity index is 1.86. The Morgan fingerprint density at radius 2 is 1.96 bits per heavy atom. The second kappa shape index (κ2) is 9.97. The number of hydrogen-bond donors (Lipinski definition) is 1.